The Bertz CT molecular complexity index is 201. The van der Waals surface area contributed by atoms with Crippen LogP contribution in [-0.4, -0.2) is 36.6 Å². The molecule has 2 heteroatoms. The number of nitrogens with zero attached hydrogens (tertiary/aromatic N) is 1. The van der Waals surface area contributed by atoms with Crippen LogP contribution in [0.15, 0.2) is 0 Å². The van der Waals surface area contributed by atoms with Gasteiger partial charge in [-0.2, -0.15) is 0 Å². The van der Waals surface area contributed by atoms with Gasteiger partial charge in [0.1, 0.15) is 0 Å². The van der Waals surface area contributed by atoms with E-state index in [1.54, 1.807) is 0 Å². The lowest BCUT2D eigenvalue weighted by atomic mass is 10.1. The monoisotopic (exact) mass is 224 g/mol. The Hall–Kier alpha value is -0.0800. The van der Waals surface area contributed by atoms with E-state index >= 15 is 0 Å². The van der Waals surface area contributed by atoms with Crippen LogP contribution in [0.2, 0.25) is 0 Å². The number of likely N-dealkylation sites (tertiary alicyclic amines) is 1. The SMILES string of the molecule is CCCC(CC)NC1CCN(CC2CC2)C1. The third-order valence-electron chi connectivity index (χ3n) is 4.09. The van der Waals surface area contributed by atoms with Crippen LogP contribution in [0.4, 0.5) is 0 Å². The summed E-state index contributed by atoms with van der Waals surface area (Å²) in [5.41, 5.74) is 0. The first-order valence-electron chi connectivity index (χ1n) is 7.30. The second-order valence-corrected chi connectivity index (χ2v) is 5.75. The molecule has 0 aromatic rings. The Morgan fingerprint density at radius 3 is 2.69 bits per heavy atom. The van der Waals surface area contributed by atoms with E-state index in [9.17, 15) is 0 Å². The minimum Gasteiger partial charge on any atom is -0.310 e. The van der Waals surface area contributed by atoms with E-state index in [-0.39, 0.29) is 0 Å². The van der Waals surface area contributed by atoms with E-state index < -0.39 is 0 Å². The average molecular weight is 224 g/mol. The Balaban J connectivity index is 1.66. The van der Waals surface area contributed by atoms with Crippen molar-refractivity contribution in [2.75, 3.05) is 19.6 Å². The molecule has 2 fully saturated rings. The number of hydrogen-bond acceptors (Lipinski definition) is 2. The first-order chi connectivity index (χ1) is 7.81. The Morgan fingerprint density at radius 1 is 1.25 bits per heavy atom. The van der Waals surface area contributed by atoms with E-state index in [1.165, 1.54) is 58.2 Å². The predicted molar refractivity (Wildman–Crippen MR) is 69.7 cm³/mol. The zero-order valence-electron chi connectivity index (χ0n) is 11.0. The fourth-order valence-corrected chi connectivity index (χ4v) is 2.89. The lowest BCUT2D eigenvalue weighted by Crippen LogP contribution is -2.40. The molecular formula is C14H28N2. The van der Waals surface area contributed by atoms with Crippen LogP contribution in [0.25, 0.3) is 0 Å². The van der Waals surface area contributed by atoms with Crippen molar-refractivity contribution in [1.82, 2.24) is 10.2 Å². The lowest BCUT2D eigenvalue weighted by molar-refractivity contribution is 0.306. The first-order valence-corrected chi connectivity index (χ1v) is 7.30. The van der Waals surface area contributed by atoms with Crippen molar-refractivity contribution in [3.05, 3.63) is 0 Å². The Morgan fingerprint density at radius 2 is 2.06 bits per heavy atom. The molecule has 0 bridgehead atoms. The summed E-state index contributed by atoms with van der Waals surface area (Å²) in [4.78, 5) is 2.67. The van der Waals surface area contributed by atoms with Gasteiger partial charge >= 0.3 is 0 Å². The molecule has 94 valence electrons. The van der Waals surface area contributed by atoms with Gasteiger partial charge in [0.05, 0.1) is 0 Å². The van der Waals surface area contributed by atoms with E-state index in [4.69, 9.17) is 0 Å². The van der Waals surface area contributed by atoms with Gasteiger partial charge in [-0.15, -0.1) is 0 Å². The standard InChI is InChI=1S/C14H28N2/c1-3-5-13(4-2)15-14-8-9-16(11-14)10-12-6-7-12/h12-15H,3-11H2,1-2H3. The van der Waals surface area contributed by atoms with Gasteiger partial charge in [-0.3, -0.25) is 0 Å². The molecule has 2 aliphatic rings. The van der Waals surface area contributed by atoms with Gasteiger partial charge in [0.15, 0.2) is 0 Å². The van der Waals surface area contributed by atoms with Gasteiger partial charge in [-0.1, -0.05) is 20.3 Å². The second-order valence-electron chi connectivity index (χ2n) is 5.75. The molecular weight excluding hydrogens is 196 g/mol. The molecule has 1 saturated carbocycles. The zero-order chi connectivity index (χ0) is 11.4. The molecule has 0 amide bonds. The average Bonchev–Trinajstić information content (AvgIpc) is 2.98. The van der Waals surface area contributed by atoms with Crippen molar-refractivity contribution in [2.45, 2.75) is 64.5 Å². The molecule has 0 aromatic heterocycles. The first kappa shape index (κ1) is 12.4. The molecule has 1 aliphatic carbocycles. The number of nitrogens with one attached hydrogen (secondary N) is 1. The highest BCUT2D eigenvalue weighted by atomic mass is 15.2. The molecule has 0 spiro atoms. The molecule has 1 aliphatic heterocycles. The third kappa shape index (κ3) is 3.74. The summed E-state index contributed by atoms with van der Waals surface area (Å²) in [5, 5.41) is 3.85. The summed E-state index contributed by atoms with van der Waals surface area (Å²) >= 11 is 0. The van der Waals surface area contributed by atoms with Crippen LogP contribution in [0.1, 0.15) is 52.4 Å². The topological polar surface area (TPSA) is 15.3 Å². The maximum absolute atomic E-state index is 3.85. The summed E-state index contributed by atoms with van der Waals surface area (Å²) in [6.45, 7) is 8.61. The van der Waals surface area contributed by atoms with Gasteiger partial charge in [-0.25, -0.2) is 0 Å². The summed E-state index contributed by atoms with van der Waals surface area (Å²) in [6.07, 6.45) is 8.28. The lowest BCUT2D eigenvalue weighted by Gasteiger charge is -2.22. The van der Waals surface area contributed by atoms with Crippen LogP contribution in [0, 0.1) is 5.92 Å². The van der Waals surface area contributed by atoms with Gasteiger partial charge in [0, 0.05) is 25.2 Å². The summed E-state index contributed by atoms with van der Waals surface area (Å²) in [7, 11) is 0. The molecule has 16 heavy (non-hydrogen) atoms. The molecule has 1 heterocycles. The molecule has 2 nitrogen and oxygen atoms in total. The van der Waals surface area contributed by atoms with Crippen LogP contribution in [0.3, 0.4) is 0 Å². The summed E-state index contributed by atoms with van der Waals surface area (Å²) < 4.78 is 0. The fraction of sp³-hybridized carbons (Fsp3) is 1.00. The van der Waals surface area contributed by atoms with Crippen molar-refractivity contribution >= 4 is 0 Å². The van der Waals surface area contributed by atoms with Crippen molar-refractivity contribution in [1.29, 1.82) is 0 Å². The van der Waals surface area contributed by atoms with Crippen LogP contribution in [-0.2, 0) is 0 Å². The van der Waals surface area contributed by atoms with Crippen LogP contribution >= 0.6 is 0 Å². The molecule has 2 rings (SSSR count). The van der Waals surface area contributed by atoms with Crippen LogP contribution in [0.5, 0.6) is 0 Å². The van der Waals surface area contributed by atoms with Crippen molar-refractivity contribution < 1.29 is 0 Å². The minimum absolute atomic E-state index is 0.760. The predicted octanol–water partition coefficient (Wildman–Crippen LogP) is 2.64. The molecule has 0 aromatic carbocycles. The van der Waals surface area contributed by atoms with Gasteiger partial charge in [0.25, 0.3) is 0 Å². The third-order valence-corrected chi connectivity index (χ3v) is 4.09. The Labute approximate surface area is 101 Å². The van der Waals surface area contributed by atoms with E-state index in [1.807, 2.05) is 0 Å². The smallest absolute Gasteiger partial charge is 0.0209 e. The Kier molecular flexibility index (Phi) is 4.66. The minimum atomic E-state index is 0.760. The quantitative estimate of drug-likeness (QED) is 0.715. The number of hydrogen-bond donors (Lipinski definition) is 1. The molecule has 0 radical (unpaired) electrons. The zero-order valence-corrected chi connectivity index (χ0v) is 11.0. The summed E-state index contributed by atoms with van der Waals surface area (Å²) in [5.74, 6) is 1.05. The second kappa shape index (κ2) is 6.02. The highest BCUT2D eigenvalue weighted by Gasteiger charge is 2.29. The fourth-order valence-electron chi connectivity index (χ4n) is 2.89. The molecule has 1 saturated heterocycles. The summed E-state index contributed by atoms with van der Waals surface area (Å²) in [6, 6.07) is 1.53. The molecule has 1 N–H and O–H groups in total. The van der Waals surface area contributed by atoms with Gasteiger partial charge < -0.3 is 10.2 Å². The number of rotatable bonds is 7. The van der Waals surface area contributed by atoms with Crippen molar-refractivity contribution in [3.63, 3.8) is 0 Å². The maximum Gasteiger partial charge on any atom is 0.0209 e. The largest absolute Gasteiger partial charge is 0.310 e. The van der Waals surface area contributed by atoms with E-state index in [0.29, 0.717) is 0 Å². The van der Waals surface area contributed by atoms with Gasteiger partial charge in [-0.05, 0) is 44.6 Å². The highest BCUT2D eigenvalue weighted by Crippen LogP contribution is 2.30. The molecule has 2 atom stereocenters. The van der Waals surface area contributed by atoms with Gasteiger partial charge in [0.2, 0.25) is 0 Å². The van der Waals surface area contributed by atoms with Crippen molar-refractivity contribution in [2.24, 2.45) is 5.92 Å². The molecule has 2 unspecified atom stereocenters. The normalized spacial score (nSPS) is 28.5. The maximum atomic E-state index is 3.85. The van der Waals surface area contributed by atoms with Crippen LogP contribution < -0.4 is 5.32 Å². The van der Waals surface area contributed by atoms with E-state index in [0.717, 1.165) is 18.0 Å². The highest BCUT2D eigenvalue weighted by molar-refractivity contribution is 4.86. The van der Waals surface area contributed by atoms with E-state index in [2.05, 4.69) is 24.1 Å². The van der Waals surface area contributed by atoms with Crippen molar-refractivity contribution in [3.8, 4) is 0 Å².